The van der Waals surface area contributed by atoms with E-state index in [0.29, 0.717) is 0 Å². The molecule has 0 unspecified atom stereocenters. The average molecular weight is 832 g/mol. The molecule has 0 aliphatic carbocycles. The summed E-state index contributed by atoms with van der Waals surface area (Å²) >= 11 is 1.86. The molecule has 64 heavy (non-hydrogen) atoms. The summed E-state index contributed by atoms with van der Waals surface area (Å²) in [4.78, 5) is 2.41. The Kier molecular flexibility index (Phi) is 9.43. The van der Waals surface area contributed by atoms with Crippen molar-refractivity contribution in [2.24, 2.45) is 0 Å². The summed E-state index contributed by atoms with van der Waals surface area (Å²) in [6.45, 7) is 0. The molecule has 0 aliphatic heterocycles. The van der Waals surface area contributed by atoms with Crippen LogP contribution < -0.4 is 4.90 Å². The number of anilines is 3. The van der Waals surface area contributed by atoms with Crippen LogP contribution in [0.5, 0.6) is 0 Å². The zero-order chi connectivity index (χ0) is 42.4. The van der Waals surface area contributed by atoms with Gasteiger partial charge < -0.3 is 4.90 Å². The van der Waals surface area contributed by atoms with Crippen LogP contribution in [0.3, 0.4) is 0 Å². The molecule has 2 heteroatoms. The SMILES string of the molecule is c1ccc(-c2ccc3ccccc3c2)c(-c2ccc(N(c3ccc(-c4ccc(-c5cccc6ccccc56)cc4)cc3)c3ccccc3-c3ccc4sc5ccccc5c4c3)cc2)c1. The number of hydrogen-bond acceptors (Lipinski definition) is 2. The fraction of sp³-hybridized carbons (Fsp3) is 0. The lowest BCUT2D eigenvalue weighted by Gasteiger charge is -2.28. The second-order valence-electron chi connectivity index (χ2n) is 16.5. The topological polar surface area (TPSA) is 3.24 Å². The smallest absolute Gasteiger partial charge is 0.0540 e. The molecule has 0 aliphatic rings. The van der Waals surface area contributed by atoms with Crippen LogP contribution in [0, 0.1) is 0 Å². The molecule has 12 rings (SSSR count). The van der Waals surface area contributed by atoms with Gasteiger partial charge in [-0.1, -0.05) is 194 Å². The van der Waals surface area contributed by atoms with Crippen LogP contribution in [-0.4, -0.2) is 0 Å². The van der Waals surface area contributed by atoms with Gasteiger partial charge in [-0.15, -0.1) is 11.3 Å². The number of benzene rings is 11. The van der Waals surface area contributed by atoms with E-state index in [9.17, 15) is 0 Å². The minimum atomic E-state index is 1.09. The fourth-order valence-corrected chi connectivity index (χ4v) is 10.6. The van der Waals surface area contributed by atoms with E-state index in [4.69, 9.17) is 0 Å². The maximum atomic E-state index is 2.41. The van der Waals surface area contributed by atoms with Crippen molar-refractivity contribution < 1.29 is 0 Å². The molecule has 0 N–H and O–H groups in total. The van der Waals surface area contributed by atoms with Gasteiger partial charge in [0.05, 0.1) is 5.69 Å². The average Bonchev–Trinajstić information content (AvgIpc) is 3.75. The molecule has 1 aromatic heterocycles. The number of para-hydroxylation sites is 1. The van der Waals surface area contributed by atoms with Gasteiger partial charge in [0, 0.05) is 37.1 Å². The second-order valence-corrected chi connectivity index (χ2v) is 17.6. The Balaban J connectivity index is 0.943. The third-order valence-corrected chi connectivity index (χ3v) is 13.9. The highest BCUT2D eigenvalue weighted by molar-refractivity contribution is 7.25. The molecular formula is C62H41NS. The summed E-state index contributed by atoms with van der Waals surface area (Å²) in [5, 5.41) is 7.62. The highest BCUT2D eigenvalue weighted by Gasteiger charge is 2.19. The Labute approximate surface area is 377 Å². The highest BCUT2D eigenvalue weighted by Crippen LogP contribution is 2.44. The van der Waals surface area contributed by atoms with Crippen LogP contribution in [0.15, 0.2) is 249 Å². The molecule has 300 valence electrons. The van der Waals surface area contributed by atoms with E-state index >= 15 is 0 Å². The lowest BCUT2D eigenvalue weighted by atomic mass is 9.93. The maximum Gasteiger partial charge on any atom is 0.0540 e. The first-order valence-corrected chi connectivity index (χ1v) is 22.7. The predicted octanol–water partition coefficient (Wildman–Crippen LogP) is 18.2. The molecule has 1 heterocycles. The Morgan fingerprint density at radius 2 is 0.719 bits per heavy atom. The van der Waals surface area contributed by atoms with Crippen LogP contribution >= 0.6 is 11.3 Å². The van der Waals surface area contributed by atoms with Gasteiger partial charge in [-0.2, -0.15) is 0 Å². The zero-order valence-corrected chi connectivity index (χ0v) is 35.8. The zero-order valence-electron chi connectivity index (χ0n) is 35.0. The van der Waals surface area contributed by atoms with E-state index in [0.717, 1.165) is 17.1 Å². The fourth-order valence-electron chi connectivity index (χ4n) is 9.49. The molecule has 0 amide bonds. The molecule has 0 atom stereocenters. The number of rotatable bonds is 8. The van der Waals surface area contributed by atoms with Crippen molar-refractivity contribution in [2.75, 3.05) is 4.90 Å². The summed E-state index contributed by atoms with van der Waals surface area (Å²) < 4.78 is 2.62. The molecular weight excluding hydrogens is 791 g/mol. The molecule has 11 aromatic carbocycles. The molecule has 0 bridgehead atoms. The number of fused-ring (bicyclic) bond motifs is 5. The van der Waals surface area contributed by atoms with Gasteiger partial charge in [-0.25, -0.2) is 0 Å². The van der Waals surface area contributed by atoms with E-state index in [-0.39, 0.29) is 0 Å². The van der Waals surface area contributed by atoms with Gasteiger partial charge in [-0.3, -0.25) is 0 Å². The molecule has 1 nitrogen and oxygen atoms in total. The summed E-state index contributed by atoms with van der Waals surface area (Å²) in [6.07, 6.45) is 0. The van der Waals surface area contributed by atoms with Crippen LogP contribution in [-0.2, 0) is 0 Å². The van der Waals surface area contributed by atoms with Gasteiger partial charge >= 0.3 is 0 Å². The predicted molar refractivity (Wildman–Crippen MR) is 276 cm³/mol. The number of hydrogen-bond donors (Lipinski definition) is 0. The van der Waals surface area contributed by atoms with E-state index in [2.05, 4.69) is 254 Å². The normalized spacial score (nSPS) is 11.4. The van der Waals surface area contributed by atoms with Crippen molar-refractivity contribution in [1.82, 2.24) is 0 Å². The van der Waals surface area contributed by atoms with E-state index in [1.54, 1.807) is 0 Å². The first-order chi connectivity index (χ1) is 31.7. The third kappa shape index (κ3) is 6.82. The number of thiophene rings is 1. The Morgan fingerprint density at radius 1 is 0.250 bits per heavy atom. The van der Waals surface area contributed by atoms with Gasteiger partial charge in [0.2, 0.25) is 0 Å². The van der Waals surface area contributed by atoms with E-state index in [1.165, 1.54) is 97.4 Å². The van der Waals surface area contributed by atoms with E-state index < -0.39 is 0 Å². The molecule has 0 saturated heterocycles. The summed E-state index contributed by atoms with van der Waals surface area (Å²) in [5.74, 6) is 0. The lowest BCUT2D eigenvalue weighted by Crippen LogP contribution is -2.11. The molecule has 0 saturated carbocycles. The van der Waals surface area contributed by atoms with Gasteiger partial charge in [0.15, 0.2) is 0 Å². The summed E-state index contributed by atoms with van der Waals surface area (Å²) in [6, 6.07) is 91.0. The van der Waals surface area contributed by atoms with Crippen LogP contribution in [0.1, 0.15) is 0 Å². The standard InChI is InChI=1S/C62H41NS/c1-2-14-48-40-49(29-26-42(48)12-1)56-18-6-5-17-54(56)47-32-37-52(38-33-47)63(60-22-9-7-19-57(60)50-34-39-62-59(41-50)58-20-8-10-23-61(58)64-62)51-35-30-44(31-36-51)43-24-27-46(28-25-43)55-21-11-15-45-13-3-4-16-53(45)55/h1-41H. The van der Waals surface area contributed by atoms with Crippen molar-refractivity contribution in [3.63, 3.8) is 0 Å². The Bertz CT molecular complexity index is 3650. The maximum absolute atomic E-state index is 2.41. The summed E-state index contributed by atoms with van der Waals surface area (Å²) in [7, 11) is 0. The molecule has 0 fully saturated rings. The van der Waals surface area contributed by atoms with Crippen molar-refractivity contribution in [2.45, 2.75) is 0 Å². The molecule has 0 radical (unpaired) electrons. The van der Waals surface area contributed by atoms with Gasteiger partial charge in [0.1, 0.15) is 0 Å². The lowest BCUT2D eigenvalue weighted by molar-refractivity contribution is 1.28. The number of nitrogens with zero attached hydrogens (tertiary/aromatic N) is 1. The van der Waals surface area contributed by atoms with Crippen molar-refractivity contribution in [3.8, 4) is 55.6 Å². The van der Waals surface area contributed by atoms with Crippen molar-refractivity contribution in [1.29, 1.82) is 0 Å². The first-order valence-electron chi connectivity index (χ1n) is 21.9. The van der Waals surface area contributed by atoms with Crippen LogP contribution in [0.25, 0.3) is 97.4 Å². The van der Waals surface area contributed by atoms with E-state index in [1.807, 2.05) is 11.3 Å². The van der Waals surface area contributed by atoms with Crippen LogP contribution in [0.4, 0.5) is 17.1 Å². The minimum Gasteiger partial charge on any atom is -0.310 e. The third-order valence-electron chi connectivity index (χ3n) is 12.7. The molecule has 12 aromatic rings. The first kappa shape index (κ1) is 37.7. The minimum absolute atomic E-state index is 1.09. The largest absolute Gasteiger partial charge is 0.310 e. The Morgan fingerprint density at radius 3 is 1.48 bits per heavy atom. The molecule has 0 spiro atoms. The highest BCUT2D eigenvalue weighted by atomic mass is 32.1. The van der Waals surface area contributed by atoms with Gasteiger partial charge in [0.25, 0.3) is 0 Å². The van der Waals surface area contributed by atoms with Crippen molar-refractivity contribution >= 4 is 70.1 Å². The van der Waals surface area contributed by atoms with Crippen LogP contribution in [0.2, 0.25) is 0 Å². The summed E-state index contributed by atoms with van der Waals surface area (Å²) in [5.41, 5.74) is 15.3. The quantitative estimate of drug-likeness (QED) is 0.147. The Hall–Kier alpha value is -8.04. The van der Waals surface area contributed by atoms with Gasteiger partial charge in [-0.05, 0) is 126 Å². The monoisotopic (exact) mass is 831 g/mol. The second kappa shape index (κ2) is 16.0. The van der Waals surface area contributed by atoms with Crippen molar-refractivity contribution in [3.05, 3.63) is 249 Å².